The first kappa shape index (κ1) is 24.8. The predicted octanol–water partition coefficient (Wildman–Crippen LogP) is 5.05. The molecule has 1 aromatic heterocycles. The molecule has 2 bridgehead atoms. The fraction of sp³-hybridized carbons (Fsp3) is 0.400. The Bertz CT molecular complexity index is 1790. The summed E-state index contributed by atoms with van der Waals surface area (Å²) < 4.78 is 9.28. The van der Waals surface area contributed by atoms with Crippen molar-refractivity contribution in [2.75, 3.05) is 18.4 Å². The number of nitrogens with one attached hydrogen (secondary N) is 1. The molecular weight excluding hydrogens is 526 g/mol. The number of aliphatic hydroxyl groups is 1. The Balaban J connectivity index is 1.24. The Kier molecular flexibility index (Phi) is 4.95. The summed E-state index contributed by atoms with van der Waals surface area (Å²) in [7, 11) is 0. The zero-order valence-corrected chi connectivity index (χ0v) is 23.8. The average Bonchev–Trinajstić information content (AvgIpc) is 3.65. The first-order valence-electron chi connectivity index (χ1n) is 15.3. The standard InChI is InChI=1S/C35H35N3O4/c1-20(39)36-24-11-8-22(9-12-24)19-38-27-5-3-2-4-25(27)26-17-35(41)29-16-23-10-13-28(40)32-30(23)34(35,33(42-32)31(26)38)14-15-37(29)18-21-6-7-21/h2-5,8-13,21,29,33,40-41H,6-7,14-19H2,1H3,(H,36,39)/t29-,33-,34-,35+/m0/s1. The van der Waals surface area contributed by atoms with Crippen molar-refractivity contribution >= 4 is 22.5 Å². The first-order valence-corrected chi connectivity index (χ1v) is 15.3. The highest BCUT2D eigenvalue weighted by Crippen LogP contribution is 2.69. The normalized spacial score (nSPS) is 28.7. The molecule has 0 unspecified atom stereocenters. The van der Waals surface area contributed by atoms with Gasteiger partial charge in [-0.1, -0.05) is 36.4 Å². The van der Waals surface area contributed by atoms with Crippen LogP contribution in [0.4, 0.5) is 5.69 Å². The monoisotopic (exact) mass is 561 g/mol. The smallest absolute Gasteiger partial charge is 0.221 e. The van der Waals surface area contributed by atoms with Gasteiger partial charge in [0.15, 0.2) is 17.6 Å². The lowest BCUT2D eigenvalue weighted by Gasteiger charge is -2.63. The SMILES string of the molecule is CC(=O)Nc1ccc(Cn2c3c(c4ccccc42)C[C@@]2(O)[C@@H]4Cc5ccc(O)c6c5[C@@]2(CCN4CC2CC2)[C@H]3O6)cc1. The number of ether oxygens (including phenoxy) is 1. The van der Waals surface area contributed by atoms with E-state index in [2.05, 4.69) is 57.2 Å². The molecule has 9 rings (SSSR count). The van der Waals surface area contributed by atoms with Crippen molar-refractivity contribution in [1.29, 1.82) is 0 Å². The number of rotatable bonds is 5. The van der Waals surface area contributed by atoms with Crippen LogP contribution in [0.15, 0.2) is 60.7 Å². The molecule has 7 heteroatoms. The molecule has 7 nitrogen and oxygen atoms in total. The highest BCUT2D eigenvalue weighted by Gasteiger charge is 2.73. The van der Waals surface area contributed by atoms with Crippen LogP contribution in [0.5, 0.6) is 11.5 Å². The van der Waals surface area contributed by atoms with Crippen LogP contribution in [-0.2, 0) is 29.6 Å². The lowest BCUT2D eigenvalue weighted by atomic mass is 9.49. The van der Waals surface area contributed by atoms with Crippen LogP contribution in [0, 0.1) is 5.92 Å². The molecule has 5 aliphatic rings. The molecule has 1 saturated carbocycles. The van der Waals surface area contributed by atoms with Crippen molar-refractivity contribution in [3.8, 4) is 11.5 Å². The van der Waals surface area contributed by atoms with Gasteiger partial charge in [0.2, 0.25) is 5.91 Å². The van der Waals surface area contributed by atoms with Crippen LogP contribution in [0.25, 0.3) is 10.9 Å². The van der Waals surface area contributed by atoms with Gasteiger partial charge in [0.1, 0.15) is 0 Å². The summed E-state index contributed by atoms with van der Waals surface area (Å²) in [6, 6.07) is 20.4. The summed E-state index contributed by atoms with van der Waals surface area (Å²) in [5.74, 6) is 1.38. The summed E-state index contributed by atoms with van der Waals surface area (Å²) in [6.07, 6.45) is 4.32. The molecule has 4 atom stereocenters. The Hall–Kier alpha value is -3.81. The van der Waals surface area contributed by atoms with Crippen LogP contribution >= 0.6 is 0 Å². The minimum Gasteiger partial charge on any atom is -0.504 e. The minimum atomic E-state index is -1.00. The van der Waals surface area contributed by atoms with Gasteiger partial charge in [-0.2, -0.15) is 0 Å². The van der Waals surface area contributed by atoms with E-state index < -0.39 is 17.1 Å². The molecule has 3 heterocycles. The quantitative estimate of drug-likeness (QED) is 0.317. The number of aromatic nitrogens is 1. The third-order valence-electron chi connectivity index (χ3n) is 10.9. The molecular formula is C35H35N3O4. The maximum absolute atomic E-state index is 13.2. The van der Waals surface area contributed by atoms with Gasteiger partial charge in [-0.15, -0.1) is 0 Å². The van der Waals surface area contributed by atoms with E-state index >= 15 is 0 Å². The maximum Gasteiger partial charge on any atom is 0.221 e. The van der Waals surface area contributed by atoms with Gasteiger partial charge in [-0.25, -0.2) is 0 Å². The Morgan fingerprint density at radius 2 is 1.90 bits per heavy atom. The molecule has 0 radical (unpaired) electrons. The number of aromatic hydroxyl groups is 1. The van der Waals surface area contributed by atoms with E-state index in [1.165, 1.54) is 25.3 Å². The number of phenols is 1. The summed E-state index contributed by atoms with van der Waals surface area (Å²) in [5.41, 5.74) is 5.93. The summed E-state index contributed by atoms with van der Waals surface area (Å²) >= 11 is 0. The van der Waals surface area contributed by atoms with E-state index in [4.69, 9.17) is 4.74 Å². The van der Waals surface area contributed by atoms with Gasteiger partial charge in [0.05, 0.1) is 16.7 Å². The van der Waals surface area contributed by atoms with Crippen LogP contribution in [-0.4, -0.2) is 50.3 Å². The molecule has 4 aromatic rings. The topological polar surface area (TPSA) is 87.0 Å². The molecule has 1 amide bonds. The predicted molar refractivity (Wildman–Crippen MR) is 160 cm³/mol. The fourth-order valence-electron chi connectivity index (χ4n) is 9.05. The Morgan fingerprint density at radius 3 is 2.69 bits per heavy atom. The number of hydrogen-bond acceptors (Lipinski definition) is 5. The number of amides is 1. The van der Waals surface area contributed by atoms with Gasteiger partial charge in [0, 0.05) is 54.6 Å². The van der Waals surface area contributed by atoms with E-state index in [9.17, 15) is 15.0 Å². The van der Waals surface area contributed by atoms with Crippen LogP contribution in [0.2, 0.25) is 0 Å². The number of likely N-dealkylation sites (tertiary alicyclic amines) is 1. The third kappa shape index (κ3) is 3.15. The number of anilines is 1. The zero-order valence-electron chi connectivity index (χ0n) is 23.8. The van der Waals surface area contributed by atoms with Crippen molar-refractivity contribution in [1.82, 2.24) is 9.47 Å². The van der Waals surface area contributed by atoms with Crippen molar-refractivity contribution in [2.24, 2.45) is 5.92 Å². The second-order valence-corrected chi connectivity index (χ2v) is 13.3. The summed E-state index contributed by atoms with van der Waals surface area (Å²) in [4.78, 5) is 14.1. The zero-order chi connectivity index (χ0) is 28.4. The Morgan fingerprint density at radius 1 is 1.10 bits per heavy atom. The first-order chi connectivity index (χ1) is 20.4. The van der Waals surface area contributed by atoms with Gasteiger partial charge >= 0.3 is 0 Å². The highest BCUT2D eigenvalue weighted by molar-refractivity contribution is 5.89. The Labute approximate surface area is 244 Å². The molecule has 214 valence electrons. The second kappa shape index (κ2) is 8.39. The molecule has 1 saturated heterocycles. The number of fused-ring (bicyclic) bond motifs is 4. The molecule has 3 aromatic carbocycles. The number of piperidine rings is 1. The minimum absolute atomic E-state index is 0.0116. The second-order valence-electron chi connectivity index (χ2n) is 13.3. The third-order valence-corrected chi connectivity index (χ3v) is 10.9. The maximum atomic E-state index is 13.2. The van der Waals surface area contributed by atoms with Crippen molar-refractivity contribution in [2.45, 2.75) is 68.7 Å². The van der Waals surface area contributed by atoms with Crippen LogP contribution in [0.3, 0.4) is 0 Å². The average molecular weight is 562 g/mol. The van der Waals surface area contributed by atoms with E-state index in [-0.39, 0.29) is 17.7 Å². The number of nitrogens with zero attached hydrogens (tertiary/aromatic N) is 2. The van der Waals surface area contributed by atoms with Gasteiger partial charge < -0.3 is 24.8 Å². The number of phenolic OH excluding ortho intramolecular Hbond substituents is 1. The van der Waals surface area contributed by atoms with Crippen molar-refractivity contribution < 1.29 is 19.7 Å². The molecule has 1 spiro atoms. The van der Waals surface area contributed by atoms with Crippen molar-refractivity contribution in [3.63, 3.8) is 0 Å². The highest BCUT2D eigenvalue weighted by atomic mass is 16.5. The number of hydrogen-bond donors (Lipinski definition) is 3. The number of carbonyl (C=O) groups is 1. The molecule has 3 N–H and O–H groups in total. The van der Waals surface area contributed by atoms with E-state index in [0.717, 1.165) is 70.8 Å². The number of benzene rings is 3. The summed E-state index contributed by atoms with van der Waals surface area (Å²) in [5, 5.41) is 28.3. The largest absolute Gasteiger partial charge is 0.504 e. The van der Waals surface area contributed by atoms with E-state index in [1.807, 2.05) is 12.1 Å². The molecule has 2 aliphatic heterocycles. The van der Waals surface area contributed by atoms with E-state index in [0.29, 0.717) is 18.7 Å². The molecule has 3 aliphatic carbocycles. The fourth-order valence-corrected chi connectivity index (χ4v) is 9.05. The van der Waals surface area contributed by atoms with Gasteiger partial charge in [-0.05, 0) is 79.1 Å². The van der Waals surface area contributed by atoms with E-state index in [1.54, 1.807) is 6.07 Å². The van der Waals surface area contributed by atoms with Crippen LogP contribution < -0.4 is 10.1 Å². The lowest BCUT2D eigenvalue weighted by Crippen LogP contribution is -2.74. The molecule has 42 heavy (non-hydrogen) atoms. The summed E-state index contributed by atoms with van der Waals surface area (Å²) in [6.45, 7) is 4.13. The number of carbonyl (C=O) groups excluding carboxylic acids is 1. The molecule has 2 fully saturated rings. The lowest BCUT2D eigenvalue weighted by molar-refractivity contribution is -0.173. The van der Waals surface area contributed by atoms with Crippen molar-refractivity contribution in [3.05, 3.63) is 88.6 Å². The number of para-hydroxylation sites is 1. The van der Waals surface area contributed by atoms with Crippen LogP contribution in [0.1, 0.15) is 60.2 Å². The van der Waals surface area contributed by atoms with Gasteiger partial charge in [0.25, 0.3) is 0 Å². The van der Waals surface area contributed by atoms with Gasteiger partial charge in [-0.3, -0.25) is 9.69 Å².